The summed E-state index contributed by atoms with van der Waals surface area (Å²) in [7, 11) is 0. The second kappa shape index (κ2) is 9.18. The lowest BCUT2D eigenvalue weighted by Gasteiger charge is -2.14. The van der Waals surface area contributed by atoms with Crippen LogP contribution in [0.1, 0.15) is 36.6 Å². The molecule has 0 aromatic heterocycles. The highest BCUT2D eigenvalue weighted by Crippen LogP contribution is 2.24. The normalized spacial score (nSPS) is 12.5. The van der Waals surface area contributed by atoms with E-state index in [0.717, 1.165) is 11.0 Å². The van der Waals surface area contributed by atoms with E-state index in [9.17, 15) is 32.3 Å². The van der Waals surface area contributed by atoms with Crippen molar-refractivity contribution in [3.8, 4) is 0 Å². The van der Waals surface area contributed by atoms with Crippen LogP contribution in [0.15, 0.2) is 60.7 Å². The Labute approximate surface area is 191 Å². The Morgan fingerprint density at radius 2 is 1.41 bits per heavy atom. The van der Waals surface area contributed by atoms with Crippen LogP contribution in [-0.4, -0.2) is 35.1 Å². The summed E-state index contributed by atoms with van der Waals surface area (Å²) in [6.07, 6.45) is 0. The summed E-state index contributed by atoms with van der Waals surface area (Å²) in [5.41, 5.74) is 0.918. The van der Waals surface area contributed by atoms with Crippen molar-refractivity contribution in [2.45, 2.75) is 6.54 Å². The lowest BCUT2D eigenvalue weighted by Crippen LogP contribution is -2.33. The Hall–Kier alpha value is -4.47. The molecular formula is C24H16F3N3O4. The van der Waals surface area contributed by atoms with Gasteiger partial charge in [0, 0.05) is 5.56 Å². The molecule has 0 saturated carbocycles. The third-order valence-corrected chi connectivity index (χ3v) is 5.15. The summed E-state index contributed by atoms with van der Waals surface area (Å²) in [5, 5.41) is 4.37. The molecule has 4 rings (SSSR count). The first-order chi connectivity index (χ1) is 16.3. The van der Waals surface area contributed by atoms with Crippen molar-refractivity contribution in [1.29, 1.82) is 0 Å². The minimum atomic E-state index is -1.72. The highest BCUT2D eigenvalue weighted by Gasteiger charge is 2.34. The average molecular weight is 467 g/mol. The molecule has 10 heteroatoms. The van der Waals surface area contributed by atoms with Gasteiger partial charge in [0.2, 0.25) is 5.91 Å². The van der Waals surface area contributed by atoms with E-state index in [2.05, 4.69) is 5.32 Å². The standard InChI is InChI=1S/C24H16F3N3O4/c25-17-9-10-18(21(27)20(17)26)29-19(31)11-28-22(32)14-7-5-13(6-8-14)12-30-23(33)15-3-1-2-4-16(15)24(30)34/h1-10H,11-12H2,(H,28,32)(H,29,31). The fourth-order valence-corrected chi connectivity index (χ4v) is 3.41. The number of anilines is 1. The minimum absolute atomic E-state index is 0.0243. The zero-order valence-electron chi connectivity index (χ0n) is 17.4. The average Bonchev–Trinajstić information content (AvgIpc) is 3.08. The molecule has 0 aliphatic carbocycles. The van der Waals surface area contributed by atoms with E-state index < -0.39 is 53.3 Å². The quantitative estimate of drug-likeness (QED) is 0.430. The van der Waals surface area contributed by atoms with Crippen LogP contribution in [0.2, 0.25) is 0 Å². The SMILES string of the molecule is O=C(CNC(=O)c1ccc(CN2C(=O)c3ccccc3C2=O)cc1)Nc1ccc(F)c(F)c1F. The molecule has 3 aromatic rings. The van der Waals surface area contributed by atoms with Crippen molar-refractivity contribution >= 4 is 29.3 Å². The summed E-state index contributed by atoms with van der Waals surface area (Å²) in [6, 6.07) is 14.1. The number of amides is 4. The van der Waals surface area contributed by atoms with Gasteiger partial charge in [-0.2, -0.15) is 0 Å². The summed E-state index contributed by atoms with van der Waals surface area (Å²) in [6.45, 7) is -0.523. The van der Waals surface area contributed by atoms with Crippen molar-refractivity contribution in [2.75, 3.05) is 11.9 Å². The van der Waals surface area contributed by atoms with Crippen LogP contribution in [0, 0.1) is 17.5 Å². The van der Waals surface area contributed by atoms with Gasteiger partial charge < -0.3 is 10.6 Å². The molecule has 34 heavy (non-hydrogen) atoms. The molecule has 1 aliphatic rings. The first kappa shape index (κ1) is 22.7. The van der Waals surface area contributed by atoms with Gasteiger partial charge in [0.15, 0.2) is 17.5 Å². The van der Waals surface area contributed by atoms with E-state index >= 15 is 0 Å². The van der Waals surface area contributed by atoms with Crippen molar-refractivity contribution in [3.05, 3.63) is 100 Å². The Kier molecular flexibility index (Phi) is 6.13. The predicted octanol–water partition coefficient (Wildman–Crippen LogP) is 3.27. The van der Waals surface area contributed by atoms with Gasteiger partial charge in [-0.3, -0.25) is 24.1 Å². The number of hydrogen-bond donors (Lipinski definition) is 2. The van der Waals surface area contributed by atoms with E-state index in [1.54, 1.807) is 36.4 Å². The van der Waals surface area contributed by atoms with Gasteiger partial charge in [-0.15, -0.1) is 0 Å². The second-order valence-corrected chi connectivity index (χ2v) is 7.39. The van der Waals surface area contributed by atoms with Gasteiger partial charge in [-0.25, -0.2) is 13.2 Å². The third-order valence-electron chi connectivity index (χ3n) is 5.15. The number of rotatable bonds is 6. The highest BCUT2D eigenvalue weighted by molar-refractivity contribution is 6.21. The van der Waals surface area contributed by atoms with Crippen LogP contribution < -0.4 is 10.6 Å². The van der Waals surface area contributed by atoms with E-state index in [0.29, 0.717) is 22.8 Å². The lowest BCUT2D eigenvalue weighted by molar-refractivity contribution is -0.115. The zero-order chi connectivity index (χ0) is 24.4. The maximum atomic E-state index is 13.6. The molecule has 1 heterocycles. The minimum Gasteiger partial charge on any atom is -0.343 e. The zero-order valence-corrected chi connectivity index (χ0v) is 17.4. The van der Waals surface area contributed by atoms with Crippen molar-refractivity contribution in [3.63, 3.8) is 0 Å². The fourth-order valence-electron chi connectivity index (χ4n) is 3.41. The number of imide groups is 1. The molecule has 0 fully saturated rings. The van der Waals surface area contributed by atoms with Gasteiger partial charge >= 0.3 is 0 Å². The van der Waals surface area contributed by atoms with Gasteiger partial charge in [0.1, 0.15) is 0 Å². The van der Waals surface area contributed by atoms with Gasteiger partial charge in [-0.1, -0.05) is 24.3 Å². The molecule has 0 radical (unpaired) electrons. The van der Waals surface area contributed by atoms with Crippen LogP contribution in [0.4, 0.5) is 18.9 Å². The number of nitrogens with zero attached hydrogens (tertiary/aromatic N) is 1. The molecule has 0 unspecified atom stereocenters. The van der Waals surface area contributed by atoms with Crippen LogP contribution >= 0.6 is 0 Å². The van der Waals surface area contributed by atoms with Crippen LogP contribution in [-0.2, 0) is 11.3 Å². The number of carbonyl (C=O) groups is 4. The van der Waals surface area contributed by atoms with Gasteiger partial charge in [0.25, 0.3) is 17.7 Å². The number of nitrogens with one attached hydrogen (secondary N) is 2. The Bertz CT molecular complexity index is 1290. The molecular weight excluding hydrogens is 451 g/mol. The summed E-state index contributed by atoms with van der Waals surface area (Å²) in [5.74, 6) is -6.92. The molecule has 1 aliphatic heterocycles. The third kappa shape index (κ3) is 4.38. The second-order valence-electron chi connectivity index (χ2n) is 7.39. The molecule has 0 atom stereocenters. The summed E-state index contributed by atoms with van der Waals surface area (Å²) in [4.78, 5) is 50.2. The van der Waals surface area contributed by atoms with Crippen molar-refractivity contribution in [2.24, 2.45) is 0 Å². The smallest absolute Gasteiger partial charge is 0.261 e. The maximum absolute atomic E-state index is 13.6. The fraction of sp³-hybridized carbons (Fsp3) is 0.0833. The van der Waals surface area contributed by atoms with E-state index in [1.165, 1.54) is 12.1 Å². The molecule has 3 aromatic carbocycles. The van der Waals surface area contributed by atoms with E-state index in [-0.39, 0.29) is 12.1 Å². The van der Waals surface area contributed by atoms with Crippen molar-refractivity contribution < 1.29 is 32.3 Å². The summed E-state index contributed by atoms with van der Waals surface area (Å²) >= 11 is 0. The number of halogens is 3. The monoisotopic (exact) mass is 467 g/mol. The van der Waals surface area contributed by atoms with Crippen LogP contribution in [0.5, 0.6) is 0 Å². The Balaban J connectivity index is 1.33. The van der Waals surface area contributed by atoms with Gasteiger partial charge in [-0.05, 0) is 42.0 Å². The molecule has 7 nitrogen and oxygen atoms in total. The van der Waals surface area contributed by atoms with Gasteiger partial charge in [0.05, 0.1) is 29.9 Å². The lowest BCUT2D eigenvalue weighted by atomic mass is 10.1. The number of benzene rings is 3. The largest absolute Gasteiger partial charge is 0.343 e. The molecule has 172 valence electrons. The molecule has 4 amide bonds. The van der Waals surface area contributed by atoms with Crippen LogP contribution in [0.3, 0.4) is 0 Å². The Morgan fingerprint density at radius 3 is 2.03 bits per heavy atom. The predicted molar refractivity (Wildman–Crippen MR) is 114 cm³/mol. The van der Waals surface area contributed by atoms with Crippen LogP contribution in [0.25, 0.3) is 0 Å². The molecule has 0 bridgehead atoms. The van der Waals surface area contributed by atoms with E-state index in [1.807, 2.05) is 5.32 Å². The molecule has 2 N–H and O–H groups in total. The molecule has 0 saturated heterocycles. The first-order valence-corrected chi connectivity index (χ1v) is 10.0. The highest BCUT2D eigenvalue weighted by atomic mass is 19.2. The number of hydrogen-bond acceptors (Lipinski definition) is 4. The first-order valence-electron chi connectivity index (χ1n) is 10.0. The van der Waals surface area contributed by atoms with E-state index in [4.69, 9.17) is 0 Å². The number of carbonyl (C=O) groups excluding carboxylic acids is 4. The van der Waals surface area contributed by atoms with Crippen molar-refractivity contribution in [1.82, 2.24) is 10.2 Å². The number of fused-ring (bicyclic) bond motifs is 1. The Morgan fingerprint density at radius 1 is 0.794 bits per heavy atom. The maximum Gasteiger partial charge on any atom is 0.261 e. The summed E-state index contributed by atoms with van der Waals surface area (Å²) < 4.78 is 39.8. The topological polar surface area (TPSA) is 95.6 Å². The molecule has 0 spiro atoms.